The van der Waals surface area contributed by atoms with Crippen molar-refractivity contribution < 1.29 is 9.26 Å². The lowest BCUT2D eigenvalue weighted by molar-refractivity contribution is 0.409. The van der Waals surface area contributed by atoms with E-state index in [1.165, 1.54) is 0 Å². The average Bonchev–Trinajstić information content (AvgIpc) is 3.06. The normalized spacial score (nSPS) is 12.8. The largest absolute Gasteiger partial charge is 0.497 e. The third kappa shape index (κ3) is 2.25. The summed E-state index contributed by atoms with van der Waals surface area (Å²) in [6.07, 6.45) is 1.56. The second kappa shape index (κ2) is 5.17. The zero-order valence-electron chi connectivity index (χ0n) is 11.2. The summed E-state index contributed by atoms with van der Waals surface area (Å²) in [5, 5.41) is 3.75. The summed E-state index contributed by atoms with van der Waals surface area (Å²) in [5.41, 5.74) is 2.69. The quantitative estimate of drug-likeness (QED) is 0.692. The van der Waals surface area contributed by atoms with Gasteiger partial charge in [0.1, 0.15) is 23.5 Å². The van der Waals surface area contributed by atoms with Crippen LogP contribution in [0.5, 0.6) is 5.75 Å². The summed E-state index contributed by atoms with van der Waals surface area (Å²) >= 11 is 6.24. The van der Waals surface area contributed by atoms with Crippen molar-refractivity contribution in [1.82, 2.24) is 14.7 Å². The molecule has 3 aromatic rings. The number of aromatic nitrogens is 3. The van der Waals surface area contributed by atoms with E-state index in [0.29, 0.717) is 6.54 Å². The lowest BCUT2D eigenvalue weighted by Gasteiger charge is -2.08. The Balaban J connectivity index is 2.14. The first-order chi connectivity index (χ1) is 9.69. The highest BCUT2D eigenvalue weighted by molar-refractivity contribution is 6.20. The van der Waals surface area contributed by atoms with Crippen molar-refractivity contribution in [3.05, 3.63) is 42.0 Å². The first-order valence-corrected chi connectivity index (χ1v) is 6.70. The van der Waals surface area contributed by atoms with E-state index < -0.39 is 0 Å². The van der Waals surface area contributed by atoms with Crippen LogP contribution in [0.2, 0.25) is 0 Å². The molecule has 2 heterocycles. The van der Waals surface area contributed by atoms with Crippen LogP contribution in [0.3, 0.4) is 0 Å². The number of ether oxygens (including phenoxy) is 1. The van der Waals surface area contributed by atoms with Crippen LogP contribution in [-0.2, 0) is 6.54 Å². The number of methoxy groups -OCH3 is 1. The van der Waals surface area contributed by atoms with Crippen LogP contribution in [0, 0.1) is 0 Å². The van der Waals surface area contributed by atoms with Crippen molar-refractivity contribution in [1.29, 1.82) is 0 Å². The van der Waals surface area contributed by atoms with Crippen LogP contribution in [0.1, 0.15) is 23.8 Å². The fraction of sp³-hybridized carbons (Fsp3) is 0.286. The molecule has 1 aromatic carbocycles. The first kappa shape index (κ1) is 13.0. The first-order valence-electron chi connectivity index (χ1n) is 6.26. The highest BCUT2D eigenvalue weighted by Gasteiger charge is 2.16. The monoisotopic (exact) mass is 291 g/mol. The van der Waals surface area contributed by atoms with Crippen LogP contribution in [0.4, 0.5) is 0 Å². The Morgan fingerprint density at radius 2 is 2.25 bits per heavy atom. The molecule has 0 spiro atoms. The predicted molar refractivity (Wildman–Crippen MR) is 76.2 cm³/mol. The molecule has 0 aliphatic carbocycles. The van der Waals surface area contributed by atoms with Crippen LogP contribution >= 0.6 is 11.6 Å². The second-order valence-corrected chi connectivity index (χ2v) is 5.17. The molecule has 5 nitrogen and oxygen atoms in total. The molecule has 0 bridgehead atoms. The van der Waals surface area contributed by atoms with Crippen molar-refractivity contribution >= 4 is 22.6 Å². The van der Waals surface area contributed by atoms with E-state index in [1.54, 1.807) is 13.4 Å². The third-order valence-electron chi connectivity index (χ3n) is 3.15. The lowest BCUT2D eigenvalue weighted by atomic mass is 10.3. The molecule has 0 aliphatic heterocycles. The van der Waals surface area contributed by atoms with Crippen molar-refractivity contribution in [3.8, 4) is 5.75 Å². The van der Waals surface area contributed by atoms with E-state index in [9.17, 15) is 0 Å². The maximum absolute atomic E-state index is 6.24. The highest BCUT2D eigenvalue weighted by atomic mass is 35.5. The molecule has 1 atom stereocenters. The SMILES string of the molecule is COc1ccc2c(c1)nc(C(C)Cl)n2Cc1ccon1. The van der Waals surface area contributed by atoms with Gasteiger partial charge >= 0.3 is 0 Å². The number of hydrogen-bond acceptors (Lipinski definition) is 4. The minimum absolute atomic E-state index is 0.194. The molecule has 0 amide bonds. The zero-order valence-corrected chi connectivity index (χ0v) is 12.0. The van der Waals surface area contributed by atoms with Crippen LogP contribution < -0.4 is 4.74 Å². The Morgan fingerprint density at radius 1 is 1.40 bits per heavy atom. The Hall–Kier alpha value is -2.01. The molecule has 2 aromatic heterocycles. The van der Waals surface area contributed by atoms with E-state index in [1.807, 2.05) is 35.8 Å². The molecule has 0 saturated carbocycles. The van der Waals surface area contributed by atoms with Crippen molar-refractivity contribution in [2.75, 3.05) is 7.11 Å². The summed E-state index contributed by atoms with van der Waals surface area (Å²) in [7, 11) is 1.64. The van der Waals surface area contributed by atoms with Crippen LogP contribution in [0.25, 0.3) is 11.0 Å². The third-order valence-corrected chi connectivity index (χ3v) is 3.35. The number of hydrogen-bond donors (Lipinski definition) is 0. The maximum Gasteiger partial charge on any atom is 0.128 e. The van der Waals surface area contributed by atoms with E-state index in [-0.39, 0.29) is 5.38 Å². The van der Waals surface area contributed by atoms with Crippen molar-refractivity contribution in [2.24, 2.45) is 0 Å². The Morgan fingerprint density at radius 3 is 2.90 bits per heavy atom. The second-order valence-electron chi connectivity index (χ2n) is 4.52. The lowest BCUT2D eigenvalue weighted by Crippen LogP contribution is -2.05. The minimum Gasteiger partial charge on any atom is -0.497 e. The topological polar surface area (TPSA) is 53.1 Å². The van der Waals surface area contributed by atoms with E-state index >= 15 is 0 Å². The smallest absolute Gasteiger partial charge is 0.128 e. The predicted octanol–water partition coefficient (Wildman–Crippen LogP) is 3.38. The van der Waals surface area contributed by atoms with Crippen molar-refractivity contribution in [3.63, 3.8) is 0 Å². The molecule has 3 rings (SSSR count). The van der Waals surface area contributed by atoms with Gasteiger partial charge in [-0.15, -0.1) is 11.6 Å². The van der Waals surface area contributed by atoms with Gasteiger partial charge < -0.3 is 13.8 Å². The van der Waals surface area contributed by atoms with Gasteiger partial charge in [-0.05, 0) is 19.1 Å². The van der Waals surface area contributed by atoms with Gasteiger partial charge in [0.25, 0.3) is 0 Å². The maximum atomic E-state index is 6.24. The number of fused-ring (bicyclic) bond motifs is 1. The average molecular weight is 292 g/mol. The molecule has 104 valence electrons. The summed E-state index contributed by atoms with van der Waals surface area (Å²) < 4.78 is 12.1. The molecule has 0 radical (unpaired) electrons. The summed E-state index contributed by atoms with van der Waals surface area (Å²) in [5.74, 6) is 1.58. The standard InChI is InChI=1S/C14H14ClN3O2/c1-9(15)14-16-12-7-11(19-2)3-4-13(12)18(14)8-10-5-6-20-17-10/h3-7,9H,8H2,1-2H3. The molecular formula is C14H14ClN3O2. The minimum atomic E-state index is -0.194. The molecule has 0 fully saturated rings. The van der Waals surface area contributed by atoms with Gasteiger partial charge in [-0.3, -0.25) is 0 Å². The fourth-order valence-electron chi connectivity index (χ4n) is 2.21. The zero-order chi connectivity index (χ0) is 14.1. The number of rotatable bonds is 4. The number of benzene rings is 1. The van der Waals surface area contributed by atoms with Gasteiger partial charge in [0.15, 0.2) is 0 Å². The van der Waals surface area contributed by atoms with Gasteiger partial charge in [0, 0.05) is 12.1 Å². The van der Waals surface area contributed by atoms with Crippen LogP contribution in [-0.4, -0.2) is 21.8 Å². The van der Waals surface area contributed by atoms with E-state index in [2.05, 4.69) is 10.1 Å². The number of halogens is 1. The van der Waals surface area contributed by atoms with E-state index in [0.717, 1.165) is 28.3 Å². The number of alkyl halides is 1. The highest BCUT2D eigenvalue weighted by Crippen LogP contribution is 2.27. The Bertz CT molecular complexity index is 719. The number of nitrogens with zero attached hydrogens (tertiary/aromatic N) is 3. The molecule has 0 aliphatic rings. The Kier molecular flexibility index (Phi) is 3.36. The fourth-order valence-corrected chi connectivity index (χ4v) is 2.37. The molecule has 1 unspecified atom stereocenters. The molecule has 0 saturated heterocycles. The summed E-state index contributed by atoms with van der Waals surface area (Å²) in [6.45, 7) is 2.48. The van der Waals surface area contributed by atoms with Gasteiger partial charge in [-0.25, -0.2) is 4.98 Å². The molecule has 0 N–H and O–H groups in total. The molecular weight excluding hydrogens is 278 g/mol. The van der Waals surface area contributed by atoms with Gasteiger partial charge in [-0.1, -0.05) is 5.16 Å². The number of imidazole rings is 1. The van der Waals surface area contributed by atoms with Crippen molar-refractivity contribution in [2.45, 2.75) is 18.8 Å². The summed E-state index contributed by atoms with van der Waals surface area (Å²) in [6, 6.07) is 7.62. The van der Waals surface area contributed by atoms with Gasteiger partial charge in [0.05, 0.1) is 30.1 Å². The van der Waals surface area contributed by atoms with Crippen LogP contribution in [0.15, 0.2) is 35.1 Å². The molecule has 20 heavy (non-hydrogen) atoms. The molecule has 6 heteroatoms. The van der Waals surface area contributed by atoms with Gasteiger partial charge in [0.2, 0.25) is 0 Å². The van der Waals surface area contributed by atoms with E-state index in [4.69, 9.17) is 20.9 Å². The Labute approximate surface area is 121 Å². The summed E-state index contributed by atoms with van der Waals surface area (Å²) in [4.78, 5) is 4.59. The van der Waals surface area contributed by atoms with Gasteiger partial charge in [-0.2, -0.15) is 0 Å².